The van der Waals surface area contributed by atoms with Crippen molar-refractivity contribution in [2.75, 3.05) is 11.2 Å². The molecule has 0 fully saturated rings. The molecule has 0 aromatic carbocycles. The number of nitrogens with zero attached hydrogens (tertiary/aromatic N) is 2. The second-order valence-corrected chi connectivity index (χ2v) is 3.19. The number of aromatic nitrogens is 2. The Hall–Kier alpha value is -1.17. The predicted molar refractivity (Wildman–Crippen MR) is 52.3 cm³/mol. The van der Waals surface area contributed by atoms with Gasteiger partial charge in [0.2, 0.25) is 5.91 Å². The summed E-state index contributed by atoms with van der Waals surface area (Å²) >= 11 is 5.29. The van der Waals surface area contributed by atoms with E-state index in [0.717, 1.165) is 4.68 Å². The van der Waals surface area contributed by atoms with Crippen molar-refractivity contribution in [3.05, 3.63) is 11.9 Å². The third-order valence-electron chi connectivity index (χ3n) is 1.67. The molecule has 0 saturated carbocycles. The molecule has 1 N–H and O–H groups in total. The number of alkyl halides is 3. The summed E-state index contributed by atoms with van der Waals surface area (Å²) in [5.74, 6) is -0.573. The van der Waals surface area contributed by atoms with Crippen LogP contribution in [0.4, 0.5) is 14.5 Å². The van der Waals surface area contributed by atoms with Crippen molar-refractivity contribution in [1.29, 1.82) is 0 Å². The number of amides is 1. The number of anilines is 1. The van der Waals surface area contributed by atoms with Gasteiger partial charge in [0.05, 0.1) is 11.4 Å². The lowest BCUT2D eigenvalue weighted by molar-refractivity contribution is -0.113. The van der Waals surface area contributed by atoms with Crippen molar-refractivity contribution in [1.82, 2.24) is 9.78 Å². The molecule has 0 aliphatic rings. The molecule has 7 heteroatoms. The number of aryl methyl sites for hydroxylation is 1. The zero-order chi connectivity index (χ0) is 11.4. The molecule has 4 nitrogen and oxygen atoms in total. The molecule has 1 aromatic heterocycles. The van der Waals surface area contributed by atoms with Gasteiger partial charge in [0, 0.05) is 6.20 Å². The predicted octanol–water partition coefficient (Wildman–Crippen LogP) is 1.63. The number of halogens is 3. The zero-order valence-corrected chi connectivity index (χ0v) is 8.76. The lowest BCUT2D eigenvalue weighted by Crippen LogP contribution is -2.12. The van der Waals surface area contributed by atoms with E-state index in [9.17, 15) is 13.6 Å². The van der Waals surface area contributed by atoms with Crippen LogP contribution in [0.1, 0.15) is 5.69 Å². The maximum Gasteiger partial charge on any atom is 0.257 e. The smallest absolute Gasteiger partial charge is 0.257 e. The van der Waals surface area contributed by atoms with E-state index >= 15 is 0 Å². The Labute approximate surface area is 90.2 Å². The Balaban J connectivity index is 2.73. The number of carbonyl (C=O) groups excluding carboxylic acids is 1. The quantitative estimate of drug-likeness (QED) is 0.810. The minimum atomic E-state index is -2.47. The van der Waals surface area contributed by atoms with Gasteiger partial charge in [0.25, 0.3) is 6.43 Å². The van der Waals surface area contributed by atoms with Gasteiger partial charge >= 0.3 is 0 Å². The summed E-state index contributed by atoms with van der Waals surface area (Å²) in [6.45, 7) is 1.13. The average molecular weight is 238 g/mol. The maximum absolute atomic E-state index is 12.0. The van der Waals surface area contributed by atoms with Crippen LogP contribution in [0, 0.1) is 6.92 Å². The van der Waals surface area contributed by atoms with E-state index in [-0.39, 0.29) is 5.88 Å². The largest absolute Gasteiger partial charge is 0.322 e. The van der Waals surface area contributed by atoms with Crippen molar-refractivity contribution in [2.45, 2.75) is 19.9 Å². The molecule has 1 aromatic rings. The van der Waals surface area contributed by atoms with Gasteiger partial charge in [0.1, 0.15) is 12.4 Å². The van der Waals surface area contributed by atoms with E-state index in [4.69, 9.17) is 11.6 Å². The lowest BCUT2D eigenvalue weighted by Gasteiger charge is -1.99. The van der Waals surface area contributed by atoms with Crippen LogP contribution >= 0.6 is 11.6 Å². The van der Waals surface area contributed by atoms with Crippen LogP contribution in [0.15, 0.2) is 6.20 Å². The minimum Gasteiger partial charge on any atom is -0.322 e. The van der Waals surface area contributed by atoms with Crippen molar-refractivity contribution in [3.63, 3.8) is 0 Å². The molecule has 1 amide bonds. The summed E-state index contributed by atoms with van der Waals surface area (Å²) in [4.78, 5) is 10.9. The maximum atomic E-state index is 12.0. The molecule has 0 saturated heterocycles. The van der Waals surface area contributed by atoms with E-state index in [1.54, 1.807) is 6.92 Å². The molecular formula is C8H10ClF2N3O. The molecule has 0 radical (unpaired) electrons. The number of hydrogen-bond donors (Lipinski definition) is 1. The van der Waals surface area contributed by atoms with E-state index in [0.29, 0.717) is 11.4 Å². The highest BCUT2D eigenvalue weighted by molar-refractivity contribution is 6.29. The highest BCUT2D eigenvalue weighted by atomic mass is 35.5. The number of hydrogen-bond acceptors (Lipinski definition) is 2. The number of rotatable bonds is 4. The van der Waals surface area contributed by atoms with Gasteiger partial charge in [-0.05, 0) is 6.92 Å². The molecular weight excluding hydrogens is 228 g/mol. The van der Waals surface area contributed by atoms with Crippen LogP contribution in [-0.2, 0) is 11.3 Å². The highest BCUT2D eigenvalue weighted by Crippen LogP contribution is 2.13. The lowest BCUT2D eigenvalue weighted by atomic mass is 10.4. The molecule has 0 atom stereocenters. The van der Waals surface area contributed by atoms with Gasteiger partial charge in [-0.2, -0.15) is 5.10 Å². The van der Waals surface area contributed by atoms with Crippen molar-refractivity contribution in [3.8, 4) is 0 Å². The Morgan fingerprint density at radius 2 is 2.40 bits per heavy atom. The fourth-order valence-electron chi connectivity index (χ4n) is 1.06. The van der Waals surface area contributed by atoms with Gasteiger partial charge < -0.3 is 5.32 Å². The van der Waals surface area contributed by atoms with Gasteiger partial charge in [-0.25, -0.2) is 8.78 Å². The summed E-state index contributed by atoms with van der Waals surface area (Å²) in [5.41, 5.74) is 0.885. The molecule has 0 aliphatic carbocycles. The average Bonchev–Trinajstić information content (AvgIpc) is 2.45. The normalized spacial score (nSPS) is 10.7. The second-order valence-electron chi connectivity index (χ2n) is 2.92. The van der Waals surface area contributed by atoms with Crippen LogP contribution in [0.2, 0.25) is 0 Å². The summed E-state index contributed by atoms with van der Waals surface area (Å²) in [5, 5.41) is 6.27. The van der Waals surface area contributed by atoms with E-state index in [1.807, 2.05) is 0 Å². The highest BCUT2D eigenvalue weighted by Gasteiger charge is 2.10. The second kappa shape index (κ2) is 5.06. The first-order valence-corrected chi connectivity index (χ1v) is 4.74. The van der Waals surface area contributed by atoms with E-state index in [1.165, 1.54) is 6.20 Å². The topological polar surface area (TPSA) is 46.9 Å². The molecule has 15 heavy (non-hydrogen) atoms. The molecule has 0 bridgehead atoms. The van der Waals surface area contributed by atoms with Crippen molar-refractivity contribution < 1.29 is 13.6 Å². The molecule has 1 rings (SSSR count). The first-order chi connectivity index (χ1) is 7.02. The fraction of sp³-hybridized carbons (Fsp3) is 0.500. The molecule has 0 spiro atoms. The van der Waals surface area contributed by atoms with Gasteiger partial charge in [0.15, 0.2) is 0 Å². The van der Waals surface area contributed by atoms with Crippen LogP contribution < -0.4 is 5.32 Å². The summed E-state index contributed by atoms with van der Waals surface area (Å²) in [6, 6.07) is 0. The Morgan fingerprint density at radius 1 is 1.73 bits per heavy atom. The summed E-state index contributed by atoms with van der Waals surface area (Å²) in [6.07, 6.45) is -1.12. The molecule has 0 aliphatic heterocycles. The van der Waals surface area contributed by atoms with E-state index in [2.05, 4.69) is 10.4 Å². The fourth-order valence-corrected chi connectivity index (χ4v) is 1.13. The van der Waals surface area contributed by atoms with Crippen LogP contribution in [0.5, 0.6) is 0 Å². The number of nitrogens with one attached hydrogen (secondary N) is 1. The first kappa shape index (κ1) is 11.9. The van der Waals surface area contributed by atoms with E-state index < -0.39 is 18.9 Å². The van der Waals surface area contributed by atoms with Crippen molar-refractivity contribution >= 4 is 23.2 Å². The van der Waals surface area contributed by atoms with Gasteiger partial charge in [-0.15, -0.1) is 11.6 Å². The van der Waals surface area contributed by atoms with Crippen molar-refractivity contribution in [2.24, 2.45) is 0 Å². The Kier molecular flexibility index (Phi) is 4.02. The zero-order valence-electron chi connectivity index (χ0n) is 8.01. The van der Waals surface area contributed by atoms with Crippen LogP contribution in [-0.4, -0.2) is 28.0 Å². The van der Waals surface area contributed by atoms with Crippen LogP contribution in [0.3, 0.4) is 0 Å². The Morgan fingerprint density at radius 3 is 2.93 bits per heavy atom. The summed E-state index contributed by atoms with van der Waals surface area (Å²) < 4.78 is 25.1. The first-order valence-electron chi connectivity index (χ1n) is 4.21. The minimum absolute atomic E-state index is 0.181. The van der Waals surface area contributed by atoms with Crippen LogP contribution in [0.25, 0.3) is 0 Å². The van der Waals surface area contributed by atoms with Gasteiger partial charge in [-0.3, -0.25) is 9.48 Å². The monoisotopic (exact) mass is 237 g/mol. The summed E-state index contributed by atoms with van der Waals surface area (Å²) in [7, 11) is 0. The standard InChI is InChI=1S/C8H10ClF2N3O/c1-5-6(12-8(15)2-9)3-14(13-5)4-7(10)11/h3,7H,2,4H2,1H3,(H,12,15). The third-order valence-corrected chi connectivity index (χ3v) is 1.91. The molecule has 1 heterocycles. The number of carbonyl (C=O) groups is 1. The SMILES string of the molecule is Cc1nn(CC(F)F)cc1NC(=O)CCl. The molecule has 0 unspecified atom stereocenters. The Bertz CT molecular complexity index is 354. The third kappa shape index (κ3) is 3.47. The molecule has 84 valence electrons. The van der Waals surface area contributed by atoms with Gasteiger partial charge in [-0.1, -0.05) is 0 Å².